The predicted molar refractivity (Wildman–Crippen MR) is 70.8 cm³/mol. The minimum atomic E-state index is -5.14. The number of ether oxygens (including phenoxy) is 1. The number of carbonyl (C=O) groups excluding carboxylic acids is 1. The zero-order valence-corrected chi connectivity index (χ0v) is 12.2. The SMILES string of the molecule is CC1CCN(C(=O)c2cncc(OS(=O)(=O)F)c2)CCO1. The van der Waals surface area contributed by atoms with E-state index in [-0.39, 0.29) is 23.3 Å². The molecule has 1 amide bonds. The lowest BCUT2D eigenvalue weighted by Gasteiger charge is -2.19. The summed E-state index contributed by atoms with van der Waals surface area (Å²) in [5.74, 6) is -0.676. The van der Waals surface area contributed by atoms with E-state index in [4.69, 9.17) is 4.74 Å². The number of hydrogen-bond acceptors (Lipinski definition) is 6. The van der Waals surface area contributed by atoms with Gasteiger partial charge in [0.25, 0.3) is 5.91 Å². The molecule has 1 aliphatic heterocycles. The van der Waals surface area contributed by atoms with Gasteiger partial charge in [-0.1, -0.05) is 3.89 Å². The summed E-state index contributed by atoms with van der Waals surface area (Å²) in [5, 5.41) is 0. The Morgan fingerprint density at radius 3 is 2.95 bits per heavy atom. The highest BCUT2D eigenvalue weighted by Crippen LogP contribution is 2.17. The average Bonchev–Trinajstić information content (AvgIpc) is 2.61. The third-order valence-electron chi connectivity index (χ3n) is 3.01. The van der Waals surface area contributed by atoms with E-state index >= 15 is 0 Å². The molecule has 116 valence electrons. The Bertz CT molecular complexity index is 622. The van der Waals surface area contributed by atoms with Gasteiger partial charge in [-0.15, -0.1) is 0 Å². The third kappa shape index (κ3) is 4.64. The van der Waals surface area contributed by atoms with Crippen LogP contribution in [0.25, 0.3) is 0 Å². The van der Waals surface area contributed by atoms with E-state index < -0.39 is 10.5 Å². The summed E-state index contributed by atoms with van der Waals surface area (Å²) >= 11 is 0. The van der Waals surface area contributed by atoms with Gasteiger partial charge in [-0.3, -0.25) is 9.78 Å². The van der Waals surface area contributed by atoms with E-state index in [1.54, 1.807) is 4.90 Å². The van der Waals surface area contributed by atoms with Crippen LogP contribution >= 0.6 is 0 Å². The quantitative estimate of drug-likeness (QED) is 0.771. The van der Waals surface area contributed by atoms with Gasteiger partial charge in [0, 0.05) is 19.3 Å². The summed E-state index contributed by atoms with van der Waals surface area (Å²) in [7, 11) is -5.14. The van der Waals surface area contributed by atoms with Crippen LogP contribution in [0, 0.1) is 0 Å². The maximum absolute atomic E-state index is 12.5. The first-order chi connectivity index (χ1) is 9.85. The Labute approximate surface area is 122 Å². The molecule has 0 spiro atoms. The smallest absolute Gasteiger partial charge is 0.377 e. The molecule has 0 radical (unpaired) electrons. The second kappa shape index (κ2) is 6.35. The molecule has 1 aromatic heterocycles. The fourth-order valence-corrected chi connectivity index (χ4v) is 2.30. The second-order valence-electron chi connectivity index (χ2n) is 4.65. The van der Waals surface area contributed by atoms with Crippen LogP contribution in [0.3, 0.4) is 0 Å². The number of rotatable bonds is 3. The number of halogens is 1. The molecule has 0 N–H and O–H groups in total. The fourth-order valence-electron chi connectivity index (χ4n) is 1.98. The summed E-state index contributed by atoms with van der Waals surface area (Å²) < 4.78 is 42.9. The van der Waals surface area contributed by atoms with Crippen molar-refractivity contribution in [3.05, 3.63) is 24.0 Å². The summed E-state index contributed by atoms with van der Waals surface area (Å²) in [5.41, 5.74) is 0.130. The lowest BCUT2D eigenvalue weighted by atomic mass is 10.2. The van der Waals surface area contributed by atoms with Crippen molar-refractivity contribution in [1.29, 1.82) is 0 Å². The highest BCUT2D eigenvalue weighted by atomic mass is 32.3. The summed E-state index contributed by atoms with van der Waals surface area (Å²) in [6.45, 7) is 3.30. The van der Waals surface area contributed by atoms with Crippen molar-refractivity contribution < 1.29 is 26.0 Å². The van der Waals surface area contributed by atoms with E-state index in [2.05, 4.69) is 9.17 Å². The number of carbonyl (C=O) groups is 1. The Morgan fingerprint density at radius 1 is 1.48 bits per heavy atom. The van der Waals surface area contributed by atoms with Crippen LogP contribution in [-0.4, -0.2) is 50.0 Å². The van der Waals surface area contributed by atoms with E-state index in [9.17, 15) is 17.1 Å². The molecule has 2 rings (SSSR count). The average molecular weight is 318 g/mol. The van der Waals surface area contributed by atoms with Gasteiger partial charge in [-0.05, 0) is 19.4 Å². The van der Waals surface area contributed by atoms with E-state index in [0.29, 0.717) is 26.1 Å². The molecule has 2 heterocycles. The zero-order chi connectivity index (χ0) is 15.5. The van der Waals surface area contributed by atoms with Crippen LogP contribution in [-0.2, 0) is 15.2 Å². The third-order valence-corrected chi connectivity index (χ3v) is 3.40. The van der Waals surface area contributed by atoms with Crippen LogP contribution < -0.4 is 4.18 Å². The second-order valence-corrected chi connectivity index (χ2v) is 5.60. The number of aromatic nitrogens is 1. The number of hydrogen-bond donors (Lipinski definition) is 0. The molecule has 1 aliphatic rings. The zero-order valence-electron chi connectivity index (χ0n) is 11.4. The van der Waals surface area contributed by atoms with Crippen molar-refractivity contribution in [2.45, 2.75) is 19.4 Å². The molecule has 0 aromatic carbocycles. The lowest BCUT2D eigenvalue weighted by molar-refractivity contribution is 0.0666. The number of amides is 1. The van der Waals surface area contributed by atoms with Gasteiger partial charge in [-0.25, -0.2) is 0 Å². The molecule has 1 atom stereocenters. The molecule has 21 heavy (non-hydrogen) atoms. The molecule has 0 bridgehead atoms. The molecule has 1 fully saturated rings. The Balaban J connectivity index is 2.13. The minimum Gasteiger partial charge on any atom is -0.377 e. The molecule has 9 heteroatoms. The van der Waals surface area contributed by atoms with E-state index in [1.807, 2.05) is 6.92 Å². The topological polar surface area (TPSA) is 85.8 Å². The van der Waals surface area contributed by atoms with E-state index in [1.165, 1.54) is 6.20 Å². The molecule has 1 aromatic rings. The van der Waals surface area contributed by atoms with Gasteiger partial charge < -0.3 is 13.8 Å². The molecular weight excluding hydrogens is 303 g/mol. The molecular formula is C12H15FN2O5S. The Morgan fingerprint density at radius 2 is 2.24 bits per heavy atom. The van der Waals surface area contributed by atoms with Crippen LogP contribution in [0.15, 0.2) is 18.5 Å². The normalized spacial score (nSPS) is 19.9. The molecule has 1 unspecified atom stereocenters. The fraction of sp³-hybridized carbons (Fsp3) is 0.500. The first-order valence-corrected chi connectivity index (χ1v) is 7.66. The summed E-state index contributed by atoms with van der Waals surface area (Å²) in [6.07, 6.45) is 3.07. The van der Waals surface area contributed by atoms with Gasteiger partial charge in [0.05, 0.1) is 24.5 Å². The molecule has 0 aliphatic carbocycles. The molecule has 0 saturated carbocycles. The van der Waals surface area contributed by atoms with Crippen molar-refractivity contribution in [3.8, 4) is 5.75 Å². The van der Waals surface area contributed by atoms with Crippen molar-refractivity contribution in [2.24, 2.45) is 0 Å². The van der Waals surface area contributed by atoms with Crippen LogP contribution in [0.2, 0.25) is 0 Å². The van der Waals surface area contributed by atoms with Crippen molar-refractivity contribution in [1.82, 2.24) is 9.88 Å². The number of pyridine rings is 1. The van der Waals surface area contributed by atoms with Gasteiger partial charge in [0.15, 0.2) is 5.75 Å². The predicted octanol–water partition coefficient (Wildman–Crippen LogP) is 0.926. The summed E-state index contributed by atoms with van der Waals surface area (Å²) in [6, 6.07) is 1.14. The lowest BCUT2D eigenvalue weighted by Crippen LogP contribution is -2.33. The Hall–Kier alpha value is -1.74. The van der Waals surface area contributed by atoms with Gasteiger partial charge in [0.1, 0.15) is 0 Å². The maximum Gasteiger partial charge on any atom is 0.488 e. The first-order valence-electron chi connectivity index (χ1n) is 6.35. The molecule has 7 nitrogen and oxygen atoms in total. The maximum atomic E-state index is 12.5. The first kappa shape index (κ1) is 15.6. The largest absolute Gasteiger partial charge is 0.488 e. The molecule has 1 saturated heterocycles. The van der Waals surface area contributed by atoms with Crippen molar-refractivity contribution in [2.75, 3.05) is 19.7 Å². The highest BCUT2D eigenvalue weighted by Gasteiger charge is 2.21. The van der Waals surface area contributed by atoms with Crippen LogP contribution in [0.1, 0.15) is 23.7 Å². The highest BCUT2D eigenvalue weighted by molar-refractivity contribution is 7.81. The van der Waals surface area contributed by atoms with Gasteiger partial charge in [0.2, 0.25) is 0 Å². The van der Waals surface area contributed by atoms with Crippen molar-refractivity contribution >= 4 is 16.4 Å². The van der Waals surface area contributed by atoms with Crippen LogP contribution in [0.4, 0.5) is 3.89 Å². The minimum absolute atomic E-state index is 0.0762. The van der Waals surface area contributed by atoms with Crippen LogP contribution in [0.5, 0.6) is 5.75 Å². The standard InChI is InChI=1S/C12H15FN2O5S/c1-9-2-3-15(4-5-19-9)12(16)10-6-11(8-14-7-10)20-21(13,17)18/h6-9H,2-5H2,1H3. The monoisotopic (exact) mass is 318 g/mol. The Kier molecular flexibility index (Phi) is 4.73. The van der Waals surface area contributed by atoms with Gasteiger partial charge in [-0.2, -0.15) is 8.42 Å². The van der Waals surface area contributed by atoms with E-state index in [0.717, 1.165) is 12.3 Å². The summed E-state index contributed by atoms with van der Waals surface area (Å²) in [4.78, 5) is 17.6. The van der Waals surface area contributed by atoms with Crippen molar-refractivity contribution in [3.63, 3.8) is 0 Å². The number of nitrogens with zero attached hydrogens (tertiary/aromatic N) is 2. The van der Waals surface area contributed by atoms with Gasteiger partial charge >= 0.3 is 10.5 Å².